The fourth-order valence-corrected chi connectivity index (χ4v) is 11.3. The summed E-state index contributed by atoms with van der Waals surface area (Å²) < 4.78 is 2.59. The number of thiophene rings is 1. The fraction of sp³-hybridized carbons (Fsp3) is 0.0597. The van der Waals surface area contributed by atoms with Crippen LogP contribution in [-0.4, -0.2) is 15.0 Å². The summed E-state index contributed by atoms with van der Waals surface area (Å²) in [5, 5.41) is 2.58. The summed E-state index contributed by atoms with van der Waals surface area (Å²) in [7, 11) is 0. The van der Waals surface area contributed by atoms with E-state index in [4.69, 9.17) is 4.98 Å². The van der Waals surface area contributed by atoms with Gasteiger partial charge in [-0.05, 0) is 141 Å². The van der Waals surface area contributed by atoms with E-state index in [1.165, 1.54) is 86.9 Å². The first kappa shape index (κ1) is 43.7. The van der Waals surface area contributed by atoms with Gasteiger partial charge in [-0.25, -0.2) is 0 Å². The SMILES string of the molecule is c1ccc(-c2cccc3c2sc2cc(-c4cc(-c5ccccn5)ccc4-c4ccccc4-c4cc(CCc5ccc(-c6ccccn6)cc5)cc(CCc5ccc(-c6ccccn6)cc5)c4)ccc23)cc1. The largest absolute Gasteiger partial charge is 0.256 e. The molecule has 71 heavy (non-hydrogen) atoms. The number of pyridine rings is 3. The maximum Gasteiger partial charge on any atom is 0.0702 e. The maximum atomic E-state index is 4.80. The molecule has 0 saturated heterocycles. The Balaban J connectivity index is 0.934. The molecule has 0 atom stereocenters. The first-order valence-corrected chi connectivity index (χ1v) is 25.3. The number of fused-ring (bicyclic) bond motifs is 3. The van der Waals surface area contributed by atoms with Gasteiger partial charge in [0.15, 0.2) is 0 Å². The number of aryl methyl sites for hydroxylation is 4. The van der Waals surface area contributed by atoms with E-state index in [0.29, 0.717) is 0 Å². The molecule has 0 aliphatic heterocycles. The molecule has 0 radical (unpaired) electrons. The van der Waals surface area contributed by atoms with Crippen molar-refractivity contribution in [2.45, 2.75) is 25.7 Å². The quantitative estimate of drug-likeness (QED) is 0.116. The van der Waals surface area contributed by atoms with Crippen LogP contribution in [0.1, 0.15) is 22.3 Å². The van der Waals surface area contributed by atoms with Crippen LogP contribution in [0, 0.1) is 0 Å². The van der Waals surface area contributed by atoms with Crippen molar-refractivity contribution in [3.05, 3.63) is 271 Å². The van der Waals surface area contributed by atoms with Crippen LogP contribution >= 0.6 is 11.3 Å². The monoisotopic (exact) mass is 927 g/mol. The third-order valence-electron chi connectivity index (χ3n) is 13.7. The summed E-state index contributed by atoms with van der Waals surface area (Å²) >= 11 is 1.88. The number of rotatable bonds is 13. The van der Waals surface area contributed by atoms with Crippen molar-refractivity contribution < 1.29 is 0 Å². The summed E-state index contributed by atoms with van der Waals surface area (Å²) in [6.45, 7) is 0. The van der Waals surface area contributed by atoms with Crippen molar-refractivity contribution in [1.29, 1.82) is 0 Å². The summed E-state index contributed by atoms with van der Waals surface area (Å²) in [6.07, 6.45) is 9.32. The van der Waals surface area contributed by atoms with Gasteiger partial charge < -0.3 is 0 Å². The number of benzene rings is 8. The zero-order chi connectivity index (χ0) is 47.3. The fourth-order valence-electron chi connectivity index (χ4n) is 10.0. The van der Waals surface area contributed by atoms with Crippen LogP contribution in [0.25, 0.3) is 98.5 Å². The minimum Gasteiger partial charge on any atom is -0.256 e. The predicted molar refractivity (Wildman–Crippen MR) is 298 cm³/mol. The molecule has 3 nitrogen and oxygen atoms in total. The topological polar surface area (TPSA) is 38.7 Å². The predicted octanol–water partition coefficient (Wildman–Crippen LogP) is 17.5. The molecule has 12 aromatic rings. The second kappa shape index (κ2) is 19.8. The second-order valence-corrected chi connectivity index (χ2v) is 19.3. The smallest absolute Gasteiger partial charge is 0.0702 e. The number of aromatic nitrogens is 3. The maximum absolute atomic E-state index is 4.80. The zero-order valence-corrected chi connectivity index (χ0v) is 40.1. The Morgan fingerprint density at radius 2 is 0.775 bits per heavy atom. The normalized spacial score (nSPS) is 11.3. The summed E-state index contributed by atoms with van der Waals surface area (Å²) in [5.74, 6) is 0. The van der Waals surface area contributed by atoms with Gasteiger partial charge in [0.2, 0.25) is 0 Å². The van der Waals surface area contributed by atoms with Crippen molar-refractivity contribution in [1.82, 2.24) is 15.0 Å². The third kappa shape index (κ3) is 9.34. The summed E-state index contributed by atoms with van der Waals surface area (Å²) in [5.41, 5.74) is 21.3. The van der Waals surface area contributed by atoms with Crippen LogP contribution in [0.3, 0.4) is 0 Å². The lowest BCUT2D eigenvalue weighted by Crippen LogP contribution is -1.98. The molecule has 8 aromatic carbocycles. The van der Waals surface area contributed by atoms with Crippen LogP contribution in [0.5, 0.6) is 0 Å². The molecule has 0 N–H and O–H groups in total. The highest BCUT2D eigenvalue weighted by molar-refractivity contribution is 7.26. The van der Waals surface area contributed by atoms with E-state index >= 15 is 0 Å². The van der Waals surface area contributed by atoms with Gasteiger partial charge in [0.05, 0.1) is 17.1 Å². The van der Waals surface area contributed by atoms with Gasteiger partial charge in [0.25, 0.3) is 0 Å². The van der Waals surface area contributed by atoms with E-state index < -0.39 is 0 Å². The number of hydrogen-bond donors (Lipinski definition) is 0. The highest BCUT2D eigenvalue weighted by Crippen LogP contribution is 2.45. The second-order valence-electron chi connectivity index (χ2n) is 18.2. The van der Waals surface area contributed by atoms with Crippen LogP contribution in [0.2, 0.25) is 0 Å². The third-order valence-corrected chi connectivity index (χ3v) is 14.9. The lowest BCUT2D eigenvalue weighted by molar-refractivity contribution is 0.931. The Labute approximate surface area is 419 Å². The first-order valence-electron chi connectivity index (χ1n) is 24.5. The first-order chi connectivity index (χ1) is 35.2. The van der Waals surface area contributed by atoms with Gasteiger partial charge in [-0.2, -0.15) is 0 Å². The molecule has 4 aromatic heterocycles. The van der Waals surface area contributed by atoms with E-state index in [2.05, 4.69) is 210 Å². The molecule has 0 aliphatic carbocycles. The lowest BCUT2D eigenvalue weighted by atomic mass is 9.86. The van der Waals surface area contributed by atoms with E-state index in [-0.39, 0.29) is 0 Å². The van der Waals surface area contributed by atoms with Gasteiger partial charge in [0.1, 0.15) is 0 Å². The van der Waals surface area contributed by atoms with Crippen LogP contribution in [0.15, 0.2) is 249 Å². The molecule has 338 valence electrons. The van der Waals surface area contributed by atoms with Crippen molar-refractivity contribution in [3.63, 3.8) is 0 Å². The lowest BCUT2D eigenvalue weighted by Gasteiger charge is -2.18. The highest BCUT2D eigenvalue weighted by atomic mass is 32.1. The van der Waals surface area contributed by atoms with Gasteiger partial charge in [-0.1, -0.05) is 182 Å². The minimum absolute atomic E-state index is 0.926. The Morgan fingerprint density at radius 3 is 1.38 bits per heavy atom. The average molecular weight is 928 g/mol. The molecule has 12 rings (SSSR count). The molecule has 0 aliphatic rings. The van der Waals surface area contributed by atoms with E-state index in [1.807, 2.05) is 60.3 Å². The molecule has 4 heterocycles. The standard InChI is InChI=1S/C67H49N3S/c1-2-13-50(14-3-1)57-17-12-18-61-60-37-34-53(45-66(60)71-67(57)61)62-44-54(65-21-8-11-40-70-65)35-36-59(62)58-16-5-4-15-56(58)55-42-48(24-22-46-26-30-51(31-27-46)63-19-6-9-38-68-63)41-49(43-55)25-23-47-28-32-52(33-29-47)64-20-7-10-39-69-64/h1-21,26-45H,22-25H2. The van der Waals surface area contributed by atoms with Crippen molar-refractivity contribution in [2.75, 3.05) is 0 Å². The number of nitrogens with zero attached hydrogens (tertiary/aromatic N) is 3. The molecule has 0 spiro atoms. The number of hydrogen-bond acceptors (Lipinski definition) is 4. The van der Waals surface area contributed by atoms with Crippen molar-refractivity contribution in [3.8, 4) is 78.3 Å². The zero-order valence-electron chi connectivity index (χ0n) is 39.2. The van der Waals surface area contributed by atoms with E-state index in [9.17, 15) is 0 Å². The van der Waals surface area contributed by atoms with Gasteiger partial charge in [-0.3, -0.25) is 15.0 Å². The van der Waals surface area contributed by atoms with Gasteiger partial charge in [-0.15, -0.1) is 11.3 Å². The Kier molecular flexibility index (Phi) is 12.2. The Bertz CT molecular complexity index is 3670. The van der Waals surface area contributed by atoms with Gasteiger partial charge in [0, 0.05) is 55.5 Å². The molecular weight excluding hydrogens is 879 g/mol. The van der Waals surface area contributed by atoms with Crippen LogP contribution in [-0.2, 0) is 25.7 Å². The van der Waals surface area contributed by atoms with Gasteiger partial charge >= 0.3 is 0 Å². The van der Waals surface area contributed by atoms with Crippen molar-refractivity contribution in [2.24, 2.45) is 0 Å². The average Bonchev–Trinajstić information content (AvgIpc) is 3.83. The molecule has 0 saturated carbocycles. The molecule has 0 fully saturated rings. The molecule has 0 amide bonds. The molecule has 0 unspecified atom stereocenters. The highest BCUT2D eigenvalue weighted by Gasteiger charge is 2.18. The minimum atomic E-state index is 0.926. The van der Waals surface area contributed by atoms with E-state index in [1.54, 1.807) is 0 Å². The Hall–Kier alpha value is -8.57. The summed E-state index contributed by atoms with van der Waals surface area (Å²) in [4.78, 5) is 13.9. The van der Waals surface area contributed by atoms with E-state index in [0.717, 1.165) is 59.5 Å². The summed E-state index contributed by atoms with van der Waals surface area (Å²) in [6, 6.07) is 83.8. The molecule has 4 heteroatoms. The van der Waals surface area contributed by atoms with Crippen molar-refractivity contribution >= 4 is 31.5 Å². The van der Waals surface area contributed by atoms with Crippen LogP contribution < -0.4 is 0 Å². The Morgan fingerprint density at radius 1 is 0.268 bits per heavy atom. The molecule has 0 bridgehead atoms. The molecular formula is C67H49N3S. The van der Waals surface area contributed by atoms with Crippen LogP contribution in [0.4, 0.5) is 0 Å².